The van der Waals surface area contributed by atoms with Gasteiger partial charge in [-0.15, -0.1) is 0 Å². The van der Waals surface area contributed by atoms with Crippen LogP contribution in [0, 0.1) is 6.92 Å². The van der Waals surface area contributed by atoms with Gasteiger partial charge >= 0.3 is 5.97 Å². The maximum absolute atomic E-state index is 10.7. The largest absolute Gasteiger partial charge is 0.480 e. The molecule has 0 saturated heterocycles. The molecule has 1 unspecified atom stereocenters. The summed E-state index contributed by atoms with van der Waals surface area (Å²) in [5, 5.41) is 8.80. The Kier molecular flexibility index (Phi) is 4.01. The van der Waals surface area contributed by atoms with Crippen molar-refractivity contribution >= 4 is 5.97 Å². The lowest BCUT2D eigenvalue weighted by molar-refractivity contribution is -0.138. The molecule has 0 bridgehead atoms. The number of rotatable bonds is 4. The van der Waals surface area contributed by atoms with Gasteiger partial charge in [0.1, 0.15) is 11.9 Å². The minimum absolute atomic E-state index is 0.267. The average Bonchev–Trinajstić information content (AvgIpc) is 2.71. The van der Waals surface area contributed by atoms with Crippen LogP contribution in [0.25, 0.3) is 0 Å². The number of nitrogens with zero attached hydrogens (tertiary/aromatic N) is 1. The van der Waals surface area contributed by atoms with Crippen LogP contribution >= 0.6 is 0 Å². The molecule has 0 aromatic carbocycles. The summed E-state index contributed by atoms with van der Waals surface area (Å²) in [5.74, 6) is 0.246. The van der Waals surface area contributed by atoms with Crippen LogP contribution in [-0.2, 0) is 11.2 Å². The Morgan fingerprint density at radius 1 is 1.50 bits per heavy atom. The molecule has 4 N–H and O–H groups in total. The minimum Gasteiger partial charge on any atom is -0.480 e. The third-order valence-corrected chi connectivity index (χ3v) is 3.69. The molecular formula is C13H21N3O2. The van der Waals surface area contributed by atoms with E-state index in [4.69, 9.17) is 10.8 Å². The van der Waals surface area contributed by atoms with E-state index < -0.39 is 12.0 Å². The molecule has 1 aromatic heterocycles. The highest BCUT2D eigenvalue weighted by atomic mass is 16.4. The summed E-state index contributed by atoms with van der Waals surface area (Å²) in [4.78, 5) is 18.5. The van der Waals surface area contributed by atoms with E-state index >= 15 is 0 Å². The molecule has 1 heterocycles. The maximum atomic E-state index is 10.7. The van der Waals surface area contributed by atoms with Gasteiger partial charge in [0.05, 0.1) is 5.69 Å². The second kappa shape index (κ2) is 5.52. The van der Waals surface area contributed by atoms with Gasteiger partial charge in [0.25, 0.3) is 0 Å². The maximum Gasteiger partial charge on any atom is 0.320 e. The van der Waals surface area contributed by atoms with E-state index in [0.717, 1.165) is 11.4 Å². The van der Waals surface area contributed by atoms with Crippen molar-refractivity contribution < 1.29 is 9.90 Å². The van der Waals surface area contributed by atoms with Crippen molar-refractivity contribution in [2.24, 2.45) is 5.73 Å². The van der Waals surface area contributed by atoms with E-state index in [1.165, 1.54) is 32.1 Å². The number of carboxylic acids is 1. The topological polar surface area (TPSA) is 92.0 Å². The molecule has 1 aliphatic carbocycles. The number of carboxylic acid groups (broad SMARTS) is 1. The molecule has 0 radical (unpaired) electrons. The van der Waals surface area contributed by atoms with E-state index in [1.54, 1.807) is 0 Å². The molecule has 1 aromatic rings. The summed E-state index contributed by atoms with van der Waals surface area (Å²) in [6.07, 6.45) is 6.49. The van der Waals surface area contributed by atoms with Crippen LogP contribution < -0.4 is 5.73 Å². The summed E-state index contributed by atoms with van der Waals surface area (Å²) in [5.41, 5.74) is 7.70. The predicted molar refractivity (Wildman–Crippen MR) is 68.5 cm³/mol. The second-order valence-electron chi connectivity index (χ2n) is 5.18. The highest BCUT2D eigenvalue weighted by Gasteiger charge is 2.22. The van der Waals surface area contributed by atoms with Gasteiger partial charge in [-0.05, 0) is 19.8 Å². The van der Waals surface area contributed by atoms with Crippen molar-refractivity contribution in [3.63, 3.8) is 0 Å². The number of nitrogens with two attached hydrogens (primary N) is 1. The molecule has 18 heavy (non-hydrogen) atoms. The third-order valence-electron chi connectivity index (χ3n) is 3.69. The molecule has 0 spiro atoms. The fourth-order valence-corrected chi connectivity index (χ4v) is 2.70. The zero-order chi connectivity index (χ0) is 13.1. The number of nitrogens with one attached hydrogen (secondary N) is 1. The lowest BCUT2D eigenvalue weighted by Gasteiger charge is -2.20. The van der Waals surface area contributed by atoms with Crippen LogP contribution in [0.2, 0.25) is 0 Å². The molecule has 1 atom stereocenters. The first-order valence-corrected chi connectivity index (χ1v) is 6.61. The number of hydrogen-bond acceptors (Lipinski definition) is 3. The van der Waals surface area contributed by atoms with Crippen LogP contribution in [0.3, 0.4) is 0 Å². The Labute approximate surface area is 107 Å². The SMILES string of the molecule is Cc1[nH]c(CC(N)C(=O)O)nc1C1CCCCC1. The molecule has 100 valence electrons. The van der Waals surface area contributed by atoms with Gasteiger partial charge in [-0.25, -0.2) is 4.98 Å². The standard InChI is InChI=1S/C13H21N3O2/c1-8-12(9-5-3-2-4-6-9)16-11(15-8)7-10(14)13(17)18/h9-10H,2-7,14H2,1H3,(H,15,16)(H,17,18). The Bertz CT molecular complexity index is 422. The van der Waals surface area contributed by atoms with Crippen molar-refractivity contribution in [2.75, 3.05) is 0 Å². The zero-order valence-corrected chi connectivity index (χ0v) is 10.8. The Morgan fingerprint density at radius 2 is 2.17 bits per heavy atom. The summed E-state index contributed by atoms with van der Waals surface area (Å²) in [7, 11) is 0. The molecule has 5 nitrogen and oxygen atoms in total. The number of aromatic nitrogens is 2. The van der Waals surface area contributed by atoms with Gasteiger partial charge in [-0.1, -0.05) is 19.3 Å². The molecule has 1 saturated carbocycles. The third kappa shape index (κ3) is 2.90. The lowest BCUT2D eigenvalue weighted by Crippen LogP contribution is -2.32. The number of carbonyl (C=O) groups is 1. The van der Waals surface area contributed by atoms with Crippen molar-refractivity contribution in [1.82, 2.24) is 9.97 Å². The van der Waals surface area contributed by atoms with Gasteiger partial charge in [-0.2, -0.15) is 0 Å². The Morgan fingerprint density at radius 3 is 2.78 bits per heavy atom. The van der Waals surface area contributed by atoms with E-state index in [1.807, 2.05) is 6.92 Å². The normalized spacial score (nSPS) is 18.8. The van der Waals surface area contributed by atoms with Crippen LogP contribution in [0.4, 0.5) is 0 Å². The predicted octanol–water partition coefficient (Wildman–Crippen LogP) is 1.72. The first kappa shape index (κ1) is 13.1. The van der Waals surface area contributed by atoms with Gasteiger partial charge in [0.2, 0.25) is 0 Å². The van der Waals surface area contributed by atoms with Crippen LogP contribution in [0.15, 0.2) is 0 Å². The quantitative estimate of drug-likeness (QED) is 0.759. The number of imidazole rings is 1. The first-order chi connectivity index (χ1) is 8.58. The van der Waals surface area contributed by atoms with Gasteiger partial charge in [-0.3, -0.25) is 4.79 Å². The van der Waals surface area contributed by atoms with Crippen molar-refractivity contribution in [3.05, 3.63) is 17.2 Å². The Hall–Kier alpha value is -1.36. The first-order valence-electron chi connectivity index (χ1n) is 6.61. The molecule has 1 fully saturated rings. The minimum atomic E-state index is -0.983. The van der Waals surface area contributed by atoms with Crippen LogP contribution in [-0.4, -0.2) is 27.1 Å². The fourth-order valence-electron chi connectivity index (χ4n) is 2.70. The lowest BCUT2D eigenvalue weighted by atomic mass is 9.86. The van der Waals surface area contributed by atoms with Crippen molar-refractivity contribution in [1.29, 1.82) is 0 Å². The second-order valence-corrected chi connectivity index (χ2v) is 5.18. The number of aromatic amines is 1. The van der Waals surface area contributed by atoms with Gasteiger partial charge in [0.15, 0.2) is 0 Å². The molecule has 5 heteroatoms. The Balaban J connectivity index is 2.08. The van der Waals surface area contributed by atoms with Gasteiger partial charge < -0.3 is 15.8 Å². The number of H-pyrrole nitrogens is 1. The van der Waals surface area contributed by atoms with Crippen molar-refractivity contribution in [2.45, 2.75) is 57.4 Å². The van der Waals surface area contributed by atoms with E-state index in [-0.39, 0.29) is 6.42 Å². The summed E-state index contributed by atoms with van der Waals surface area (Å²) in [6.45, 7) is 2.01. The van der Waals surface area contributed by atoms with E-state index in [9.17, 15) is 4.79 Å². The highest BCUT2D eigenvalue weighted by molar-refractivity contribution is 5.73. The summed E-state index contributed by atoms with van der Waals surface area (Å²) in [6, 6.07) is -0.880. The number of hydrogen-bond donors (Lipinski definition) is 3. The van der Waals surface area contributed by atoms with Gasteiger partial charge in [0, 0.05) is 18.0 Å². The van der Waals surface area contributed by atoms with Crippen LogP contribution in [0.5, 0.6) is 0 Å². The highest BCUT2D eigenvalue weighted by Crippen LogP contribution is 2.33. The molecule has 2 rings (SSSR count). The average molecular weight is 251 g/mol. The fraction of sp³-hybridized carbons (Fsp3) is 0.692. The zero-order valence-electron chi connectivity index (χ0n) is 10.8. The molecule has 0 aliphatic heterocycles. The van der Waals surface area contributed by atoms with E-state index in [0.29, 0.717) is 11.7 Å². The number of aryl methyl sites for hydroxylation is 1. The summed E-state index contributed by atoms with van der Waals surface area (Å²) < 4.78 is 0. The smallest absolute Gasteiger partial charge is 0.320 e. The molecular weight excluding hydrogens is 230 g/mol. The monoisotopic (exact) mass is 251 g/mol. The summed E-state index contributed by atoms with van der Waals surface area (Å²) >= 11 is 0. The molecule has 1 aliphatic rings. The number of aliphatic carboxylic acids is 1. The molecule has 0 amide bonds. The van der Waals surface area contributed by atoms with Crippen molar-refractivity contribution in [3.8, 4) is 0 Å². The van der Waals surface area contributed by atoms with E-state index in [2.05, 4.69) is 9.97 Å². The van der Waals surface area contributed by atoms with Crippen LogP contribution in [0.1, 0.15) is 55.2 Å².